The van der Waals surface area contributed by atoms with E-state index in [1.807, 2.05) is 18.2 Å². The van der Waals surface area contributed by atoms with Gasteiger partial charge in [0.2, 0.25) is 17.8 Å². The van der Waals surface area contributed by atoms with Crippen molar-refractivity contribution in [3.63, 3.8) is 0 Å². The van der Waals surface area contributed by atoms with Crippen LogP contribution in [0.25, 0.3) is 11.0 Å². The molecule has 1 saturated carbocycles. The van der Waals surface area contributed by atoms with Crippen LogP contribution in [-0.2, 0) is 33.5 Å². The molecule has 2 aromatic heterocycles. The number of nitrogens with zero attached hydrogens (tertiary/aromatic N) is 9. The molecule has 0 bridgehead atoms. The van der Waals surface area contributed by atoms with Crippen LogP contribution in [0.1, 0.15) is 66.9 Å². The number of carbonyl (C=O) groups excluding carboxylic acids is 3. The Balaban J connectivity index is 0.645. The fourth-order valence-corrected chi connectivity index (χ4v) is 12.8. The summed E-state index contributed by atoms with van der Waals surface area (Å²) in [5.41, 5.74) is 8.88. The van der Waals surface area contributed by atoms with Crippen LogP contribution in [0.4, 0.5) is 40.2 Å². The highest BCUT2D eigenvalue weighted by molar-refractivity contribution is 9.10. The van der Waals surface area contributed by atoms with Gasteiger partial charge in [-0.25, -0.2) is 9.19 Å². The number of piperidine rings is 2. The lowest BCUT2D eigenvalue weighted by Gasteiger charge is -2.60. The molecule has 71 heavy (non-hydrogen) atoms. The van der Waals surface area contributed by atoms with Gasteiger partial charge in [0.25, 0.3) is 5.91 Å². The summed E-state index contributed by atoms with van der Waals surface area (Å²) in [6.07, 6.45) is 12.8. The monoisotopic (exact) mass is 1050 g/mol. The van der Waals surface area contributed by atoms with Crippen molar-refractivity contribution in [3.8, 4) is 5.75 Å². The highest BCUT2D eigenvalue weighted by Gasteiger charge is 2.52. The number of hydrogen-bond donors (Lipinski definition) is 4. The molecule has 2 unspecified atom stereocenters. The molecule has 18 nitrogen and oxygen atoms in total. The molecule has 5 aromatic rings. The summed E-state index contributed by atoms with van der Waals surface area (Å²) < 4.78 is 21.9. The molecule has 6 aliphatic rings. The van der Waals surface area contributed by atoms with Crippen molar-refractivity contribution in [2.45, 2.75) is 70.5 Å². The summed E-state index contributed by atoms with van der Waals surface area (Å²) in [5.74, 6) is 1.60. The van der Waals surface area contributed by atoms with Gasteiger partial charge in [-0.1, -0.05) is 6.92 Å². The molecule has 2 atom stereocenters. The number of ether oxygens (including phenoxy) is 1. The van der Waals surface area contributed by atoms with E-state index in [0.29, 0.717) is 74.4 Å². The molecule has 3 amide bonds. The quantitative estimate of drug-likeness (QED) is 0.0918. The number of rotatable bonds is 14. The van der Waals surface area contributed by atoms with Crippen LogP contribution in [0.15, 0.2) is 65.5 Å². The third-order valence-corrected chi connectivity index (χ3v) is 16.6. The minimum absolute atomic E-state index is 0.120. The lowest BCUT2D eigenvalue weighted by molar-refractivity contribution is -0.136. The third-order valence-electron chi connectivity index (χ3n) is 15.5. The van der Waals surface area contributed by atoms with Gasteiger partial charge in [-0.3, -0.25) is 34.6 Å². The number of hydrogen-bond acceptors (Lipinski definition) is 15. The fraction of sp³-hybridized carbons (Fsp3) is 0.471. The first-order valence-electron chi connectivity index (χ1n) is 24.8. The largest absolute Gasteiger partial charge is 0.494 e. The number of nitrogens with one attached hydrogen (secondary N) is 4. The smallest absolute Gasteiger partial charge is 0.255 e. The second kappa shape index (κ2) is 19.6. The first-order chi connectivity index (χ1) is 34.4. The van der Waals surface area contributed by atoms with Crippen LogP contribution in [-0.4, -0.2) is 141 Å². The van der Waals surface area contributed by atoms with Gasteiger partial charge in [-0.2, -0.15) is 4.98 Å². The molecular weight excluding hydrogens is 987 g/mol. The fourth-order valence-electron chi connectivity index (χ4n) is 12.0. The number of amides is 3. The standard InChI is InChI=1S/C51H60BrN13O5S/c1-4-32-22-40(57-50-55-26-37(52)47(59-50)56-39-8-7-38-45(54-14-13-53-38)46(39)60-71(3)69)43(70-2)23-42(32)63-15-11-34(12-16-63)62-19-17-61(18-20-62)27-31-24-51(25-31)29-64(30-51)35-5-6-36-33(21-35)28-65(49(36)68)41-9-10-44(66)58-48(41)67/h5-8,13-14,21-23,26,31,34,41,60H,4,9-12,15-20,24-25,27-30H2,1-3H3,(H,58,66,67)(H2,55,56,57,59). The van der Waals surface area contributed by atoms with Crippen LogP contribution < -0.4 is 35.2 Å². The normalized spacial score (nSPS) is 21.2. The minimum Gasteiger partial charge on any atom is -0.494 e. The highest BCUT2D eigenvalue weighted by atomic mass is 79.9. The molecule has 5 fully saturated rings. The van der Waals surface area contributed by atoms with E-state index in [-0.39, 0.29) is 24.1 Å². The third kappa shape index (κ3) is 9.50. The predicted octanol–water partition coefficient (Wildman–Crippen LogP) is 6.21. The van der Waals surface area contributed by atoms with E-state index in [1.165, 1.54) is 30.6 Å². The lowest BCUT2D eigenvalue weighted by Crippen LogP contribution is -2.64. The first kappa shape index (κ1) is 47.4. The van der Waals surface area contributed by atoms with Crippen LogP contribution in [0.2, 0.25) is 0 Å². The number of aromatic nitrogens is 4. The molecule has 3 aromatic carbocycles. The number of fused-ring (bicyclic) bond motifs is 2. The summed E-state index contributed by atoms with van der Waals surface area (Å²) >= 11 is 3.60. The average Bonchev–Trinajstić information content (AvgIpc) is 3.68. The van der Waals surface area contributed by atoms with E-state index < -0.39 is 17.0 Å². The Bertz CT molecular complexity index is 2910. The van der Waals surface area contributed by atoms with Gasteiger partial charge >= 0.3 is 0 Å². The van der Waals surface area contributed by atoms with Crippen molar-refractivity contribution < 1.29 is 23.3 Å². The second-order valence-corrected chi connectivity index (χ2v) is 22.0. The highest BCUT2D eigenvalue weighted by Crippen LogP contribution is 2.53. The van der Waals surface area contributed by atoms with E-state index >= 15 is 0 Å². The average molecular weight is 1050 g/mol. The van der Waals surface area contributed by atoms with E-state index in [0.717, 1.165) is 94.5 Å². The van der Waals surface area contributed by atoms with Crippen LogP contribution >= 0.6 is 15.9 Å². The van der Waals surface area contributed by atoms with Gasteiger partial charge in [0.1, 0.15) is 34.1 Å². The zero-order chi connectivity index (χ0) is 49.0. The lowest BCUT2D eigenvalue weighted by atomic mass is 9.57. The second-order valence-electron chi connectivity index (χ2n) is 20.1. The maximum atomic E-state index is 13.2. The number of carbonyl (C=O) groups is 3. The number of imide groups is 1. The molecule has 1 spiro atoms. The van der Waals surface area contributed by atoms with Crippen molar-refractivity contribution in [2.75, 3.05) is 97.4 Å². The van der Waals surface area contributed by atoms with Crippen LogP contribution in [0.5, 0.6) is 5.75 Å². The molecular formula is C51H60BrN13O5S. The van der Waals surface area contributed by atoms with Gasteiger partial charge in [0, 0.05) is 131 Å². The summed E-state index contributed by atoms with van der Waals surface area (Å²) in [5, 5.41) is 9.18. The van der Waals surface area contributed by atoms with Gasteiger partial charge in [-0.15, -0.1) is 0 Å². The number of piperazine rings is 1. The Morgan fingerprint density at radius 1 is 0.901 bits per heavy atom. The number of benzene rings is 3. The number of aryl methyl sites for hydroxylation is 1. The summed E-state index contributed by atoms with van der Waals surface area (Å²) in [7, 11) is 0.342. The van der Waals surface area contributed by atoms with Crippen molar-refractivity contribution in [2.24, 2.45) is 11.3 Å². The molecule has 7 heterocycles. The van der Waals surface area contributed by atoms with Crippen molar-refractivity contribution >= 4 is 95.9 Å². The Hall–Kier alpha value is -5.96. The van der Waals surface area contributed by atoms with E-state index in [1.54, 1.807) is 36.9 Å². The van der Waals surface area contributed by atoms with Gasteiger partial charge < -0.3 is 39.7 Å². The molecule has 4 N–H and O–H groups in total. The molecule has 5 aliphatic heterocycles. The Morgan fingerprint density at radius 3 is 2.44 bits per heavy atom. The molecule has 11 rings (SSSR count). The van der Waals surface area contributed by atoms with Crippen molar-refractivity contribution in [1.29, 1.82) is 0 Å². The molecule has 0 radical (unpaired) electrons. The first-order valence-corrected chi connectivity index (χ1v) is 27.1. The maximum absolute atomic E-state index is 13.2. The zero-order valence-electron chi connectivity index (χ0n) is 40.4. The van der Waals surface area contributed by atoms with Crippen LogP contribution in [0, 0.1) is 11.3 Å². The van der Waals surface area contributed by atoms with E-state index in [9.17, 15) is 18.6 Å². The van der Waals surface area contributed by atoms with Crippen molar-refractivity contribution in [3.05, 3.63) is 82.2 Å². The molecule has 4 saturated heterocycles. The summed E-state index contributed by atoms with van der Waals surface area (Å²) in [6, 6.07) is 14.1. The molecule has 372 valence electrons. The van der Waals surface area contributed by atoms with Gasteiger partial charge in [0.15, 0.2) is 0 Å². The number of anilines is 7. The number of halogens is 1. The van der Waals surface area contributed by atoms with Gasteiger partial charge in [-0.05, 0) is 108 Å². The topological polar surface area (TPSA) is 193 Å². The SMILES string of the molecule is CCc1cc(Nc2ncc(Br)c(Nc3ccc4nccnc4c3NS(C)=O)n2)c(OC)cc1N1CCC(N2CCN(CC3CC4(C3)CN(c3ccc5c(c3)CN(C3CCC(=O)NC3=O)C5=O)C4)CC2)CC1. The minimum atomic E-state index is -1.35. The van der Waals surface area contributed by atoms with E-state index in [2.05, 4.69) is 102 Å². The van der Waals surface area contributed by atoms with Crippen LogP contribution in [0.3, 0.4) is 0 Å². The van der Waals surface area contributed by atoms with Gasteiger partial charge in [0.05, 0.1) is 34.2 Å². The number of methoxy groups -OCH3 is 1. The van der Waals surface area contributed by atoms with Crippen molar-refractivity contribution in [1.82, 2.24) is 40.0 Å². The molecule has 20 heteroatoms. The summed E-state index contributed by atoms with van der Waals surface area (Å²) in [4.78, 5) is 67.7. The Morgan fingerprint density at radius 2 is 1.69 bits per heavy atom. The molecule has 1 aliphatic carbocycles. The zero-order valence-corrected chi connectivity index (χ0v) is 42.8. The Kier molecular flexibility index (Phi) is 13.1. The summed E-state index contributed by atoms with van der Waals surface area (Å²) in [6.45, 7) is 12.4. The van der Waals surface area contributed by atoms with E-state index in [4.69, 9.17) is 9.72 Å². The maximum Gasteiger partial charge on any atom is 0.255 e. The Labute approximate surface area is 424 Å². The predicted molar refractivity (Wildman–Crippen MR) is 279 cm³/mol.